The lowest BCUT2D eigenvalue weighted by Crippen LogP contribution is -2.25. The number of rotatable bonds is 4. The van der Waals surface area contributed by atoms with Gasteiger partial charge in [0.15, 0.2) is 4.77 Å². The quantitative estimate of drug-likeness (QED) is 0.448. The smallest absolute Gasteiger partial charge is 0.226 e. The summed E-state index contributed by atoms with van der Waals surface area (Å²) in [6, 6.07) is 4.40. The zero-order valence-electron chi connectivity index (χ0n) is 12.9. The molecular weight excluding hydrogens is 414 g/mol. The van der Waals surface area contributed by atoms with Gasteiger partial charge in [-0.25, -0.2) is 8.78 Å². The Hall–Kier alpha value is -2.05. The zero-order chi connectivity index (χ0) is 18.1. The molecule has 9 heteroatoms. The molecule has 1 aliphatic heterocycles. The van der Waals surface area contributed by atoms with Gasteiger partial charge in [0.25, 0.3) is 0 Å². The first-order valence-corrected chi connectivity index (χ1v) is 8.70. The van der Waals surface area contributed by atoms with Crippen LogP contribution in [0.4, 0.5) is 8.78 Å². The predicted octanol–water partition coefficient (Wildman–Crippen LogP) is 3.11. The monoisotopic (exact) mass is 426 g/mol. The second-order valence-corrected chi connectivity index (χ2v) is 6.98. The predicted molar refractivity (Wildman–Crippen MR) is 92.4 cm³/mol. The van der Waals surface area contributed by atoms with Gasteiger partial charge >= 0.3 is 0 Å². The molecule has 0 radical (unpaired) electrons. The molecule has 0 fully saturated rings. The fourth-order valence-corrected chi connectivity index (χ4v) is 3.77. The number of hydrogen-bond acceptors (Lipinski definition) is 3. The Morgan fingerprint density at radius 3 is 3.00 bits per heavy atom. The van der Waals surface area contributed by atoms with Crippen LogP contribution in [0.2, 0.25) is 0 Å². The van der Waals surface area contributed by atoms with E-state index < -0.39 is 17.6 Å². The fraction of sp³-hybridized carbons (Fsp3) is 0.312. The van der Waals surface area contributed by atoms with Crippen molar-refractivity contribution in [2.75, 3.05) is 6.54 Å². The summed E-state index contributed by atoms with van der Waals surface area (Å²) in [7, 11) is 0. The number of aromatic amines is 1. The number of hydrogen-bond donors (Lipinski definition) is 2. The van der Waals surface area contributed by atoms with Crippen molar-refractivity contribution in [2.24, 2.45) is 0 Å². The Morgan fingerprint density at radius 2 is 2.28 bits per heavy atom. The van der Waals surface area contributed by atoms with Gasteiger partial charge in [-0.3, -0.25) is 4.79 Å². The molecule has 1 atom stereocenters. The molecule has 0 saturated heterocycles. The molecule has 1 aromatic heterocycles. The van der Waals surface area contributed by atoms with E-state index >= 15 is 0 Å². The first kappa shape index (κ1) is 17.8. The molecule has 2 heterocycles. The molecular formula is C16H13BrF2N4OS. The van der Waals surface area contributed by atoms with Gasteiger partial charge in [-0.1, -0.05) is 0 Å². The number of nitrogens with zero attached hydrogens (tertiary/aromatic N) is 2. The van der Waals surface area contributed by atoms with Crippen LogP contribution < -0.4 is 5.32 Å². The maximum absolute atomic E-state index is 14.4. The van der Waals surface area contributed by atoms with E-state index in [2.05, 4.69) is 26.2 Å². The number of nitriles is 1. The summed E-state index contributed by atoms with van der Waals surface area (Å²) in [5.41, 5.74) is 1.40. The van der Waals surface area contributed by atoms with E-state index in [-0.39, 0.29) is 28.9 Å². The molecule has 3 rings (SSSR count). The number of aromatic nitrogens is 2. The summed E-state index contributed by atoms with van der Waals surface area (Å²) in [5.74, 6) is -1.92. The van der Waals surface area contributed by atoms with E-state index in [0.29, 0.717) is 23.4 Å². The molecule has 1 aromatic carbocycles. The molecule has 1 aliphatic rings. The van der Waals surface area contributed by atoms with Crippen molar-refractivity contribution in [3.05, 3.63) is 50.0 Å². The lowest BCUT2D eigenvalue weighted by molar-refractivity contribution is -0.120. The van der Waals surface area contributed by atoms with Crippen molar-refractivity contribution in [1.82, 2.24) is 14.9 Å². The van der Waals surface area contributed by atoms with Crippen LogP contribution in [0.3, 0.4) is 0 Å². The highest BCUT2D eigenvalue weighted by atomic mass is 79.9. The molecule has 5 nitrogen and oxygen atoms in total. The third-order valence-corrected chi connectivity index (χ3v) is 5.14. The van der Waals surface area contributed by atoms with Gasteiger partial charge in [0.05, 0.1) is 17.0 Å². The van der Waals surface area contributed by atoms with Crippen molar-refractivity contribution in [3.8, 4) is 6.07 Å². The van der Waals surface area contributed by atoms with Crippen molar-refractivity contribution < 1.29 is 13.6 Å². The molecule has 0 spiro atoms. The molecule has 0 saturated carbocycles. The first-order valence-electron chi connectivity index (χ1n) is 7.50. The third kappa shape index (κ3) is 3.37. The highest BCUT2D eigenvalue weighted by molar-refractivity contribution is 9.10. The summed E-state index contributed by atoms with van der Waals surface area (Å²) in [5, 5.41) is 11.0. The largest absolute Gasteiger partial charge is 0.343 e. The highest BCUT2D eigenvalue weighted by Gasteiger charge is 2.31. The number of amides is 1. The average molecular weight is 427 g/mol. The normalized spacial score (nSPS) is 15.7. The van der Waals surface area contributed by atoms with Gasteiger partial charge in [-0.15, -0.1) is 0 Å². The third-order valence-electron chi connectivity index (χ3n) is 4.21. The minimum Gasteiger partial charge on any atom is -0.343 e. The SMILES string of the molecule is N#CCNC(=O)Cc1[nH]c(=S)n2c1C[C@H](c1c(F)ccc(Br)c1F)C2. The van der Waals surface area contributed by atoms with Gasteiger partial charge in [0.2, 0.25) is 5.91 Å². The van der Waals surface area contributed by atoms with Crippen LogP contribution >= 0.6 is 28.1 Å². The maximum atomic E-state index is 14.4. The van der Waals surface area contributed by atoms with Crippen LogP contribution in [-0.4, -0.2) is 22.0 Å². The number of carbonyl (C=O) groups excluding carboxylic acids is 1. The van der Waals surface area contributed by atoms with Gasteiger partial charge < -0.3 is 14.9 Å². The van der Waals surface area contributed by atoms with Crippen molar-refractivity contribution >= 4 is 34.1 Å². The number of H-pyrrole nitrogens is 1. The fourth-order valence-electron chi connectivity index (χ4n) is 3.12. The van der Waals surface area contributed by atoms with E-state index in [4.69, 9.17) is 17.5 Å². The summed E-state index contributed by atoms with van der Waals surface area (Å²) in [6.07, 6.45) is 0.405. The summed E-state index contributed by atoms with van der Waals surface area (Å²) in [4.78, 5) is 14.8. The van der Waals surface area contributed by atoms with E-state index in [1.807, 2.05) is 6.07 Å². The topological polar surface area (TPSA) is 73.6 Å². The Bertz CT molecular complexity index is 947. The number of fused-ring (bicyclic) bond motifs is 1. The Balaban J connectivity index is 1.88. The van der Waals surface area contributed by atoms with Crippen LogP contribution in [0.5, 0.6) is 0 Å². The van der Waals surface area contributed by atoms with Crippen LogP contribution in [0, 0.1) is 27.7 Å². The molecule has 0 aliphatic carbocycles. The number of benzene rings is 1. The van der Waals surface area contributed by atoms with Gasteiger partial charge in [-0.2, -0.15) is 5.26 Å². The summed E-state index contributed by atoms with van der Waals surface area (Å²) in [6.45, 7) is 0.265. The molecule has 0 unspecified atom stereocenters. The minimum atomic E-state index is -0.612. The Kier molecular flexibility index (Phi) is 5.01. The van der Waals surface area contributed by atoms with E-state index in [9.17, 15) is 13.6 Å². The van der Waals surface area contributed by atoms with Crippen LogP contribution in [0.1, 0.15) is 22.9 Å². The molecule has 1 amide bonds. The van der Waals surface area contributed by atoms with Crippen molar-refractivity contribution in [1.29, 1.82) is 5.26 Å². The maximum Gasteiger partial charge on any atom is 0.226 e. The molecule has 130 valence electrons. The second kappa shape index (κ2) is 7.06. The average Bonchev–Trinajstić information content (AvgIpc) is 3.11. The van der Waals surface area contributed by atoms with E-state index in [1.165, 1.54) is 12.1 Å². The molecule has 25 heavy (non-hydrogen) atoms. The van der Waals surface area contributed by atoms with Crippen molar-refractivity contribution in [2.45, 2.75) is 25.3 Å². The number of halogens is 3. The Labute approximate surface area is 155 Å². The lowest BCUT2D eigenvalue weighted by atomic mass is 9.95. The van der Waals surface area contributed by atoms with Crippen LogP contribution in [0.15, 0.2) is 16.6 Å². The number of carbonyl (C=O) groups is 1. The van der Waals surface area contributed by atoms with Crippen LogP contribution in [-0.2, 0) is 24.2 Å². The van der Waals surface area contributed by atoms with Gasteiger partial charge in [0.1, 0.15) is 18.2 Å². The van der Waals surface area contributed by atoms with E-state index in [1.54, 1.807) is 4.57 Å². The van der Waals surface area contributed by atoms with Gasteiger partial charge in [-0.05, 0) is 46.7 Å². The Morgan fingerprint density at radius 1 is 1.52 bits per heavy atom. The summed E-state index contributed by atoms with van der Waals surface area (Å²) >= 11 is 8.35. The zero-order valence-corrected chi connectivity index (χ0v) is 15.3. The van der Waals surface area contributed by atoms with Crippen LogP contribution in [0.25, 0.3) is 0 Å². The van der Waals surface area contributed by atoms with Gasteiger partial charge in [0, 0.05) is 29.4 Å². The first-order chi connectivity index (χ1) is 11.9. The lowest BCUT2D eigenvalue weighted by Gasteiger charge is -2.13. The standard InChI is InChI=1S/C16H13BrF2N4OS/c17-9-1-2-10(18)14(15(9)19)8-5-12-11(6-13(24)21-4-3-20)22-16(25)23(12)7-8/h1-2,8H,4-7H2,(H,21,24)(H,22,25)/t8-/m0/s1. The molecule has 2 aromatic rings. The highest BCUT2D eigenvalue weighted by Crippen LogP contribution is 2.36. The second-order valence-electron chi connectivity index (χ2n) is 5.74. The number of imidazole rings is 1. The minimum absolute atomic E-state index is 0.0207. The molecule has 0 bridgehead atoms. The van der Waals surface area contributed by atoms with Crippen molar-refractivity contribution in [3.63, 3.8) is 0 Å². The molecule has 2 N–H and O–H groups in total. The number of nitrogens with one attached hydrogen (secondary N) is 2. The summed E-state index contributed by atoms with van der Waals surface area (Å²) < 4.78 is 30.9. The van der Waals surface area contributed by atoms with E-state index in [0.717, 1.165) is 5.69 Å².